The number of pyridine rings is 1. The molecular weight excluding hydrogens is 382 g/mol. The zero-order chi connectivity index (χ0) is 19.5. The van der Waals surface area contributed by atoms with E-state index in [0.717, 1.165) is 21.4 Å². The molecule has 0 aliphatic rings. The molecule has 1 aromatic heterocycles. The van der Waals surface area contributed by atoms with E-state index in [-0.39, 0.29) is 12.5 Å². The zero-order valence-corrected chi connectivity index (χ0v) is 17.1. The Bertz CT molecular complexity index is 738. The average Bonchev–Trinajstić information content (AvgIpc) is 2.68. The second-order valence-electron chi connectivity index (χ2n) is 5.86. The molecule has 0 spiro atoms. The van der Waals surface area contributed by atoms with Crippen molar-refractivity contribution < 1.29 is 4.79 Å². The third-order valence-electron chi connectivity index (χ3n) is 3.51. The maximum atomic E-state index is 11.8. The Balaban J connectivity index is 1.86. The van der Waals surface area contributed by atoms with Gasteiger partial charge in [0, 0.05) is 42.5 Å². The van der Waals surface area contributed by atoms with Crippen LogP contribution in [0.3, 0.4) is 0 Å². The predicted octanol–water partition coefficient (Wildman–Crippen LogP) is 2.65. The van der Waals surface area contributed by atoms with Crippen LogP contribution in [0.5, 0.6) is 0 Å². The molecule has 1 aromatic carbocycles. The fourth-order valence-electron chi connectivity index (χ4n) is 2.01. The summed E-state index contributed by atoms with van der Waals surface area (Å²) in [5.74, 6) is 1.43. The number of nitrogens with zero attached hydrogens (tertiary/aromatic N) is 3. The van der Waals surface area contributed by atoms with Crippen molar-refractivity contribution in [1.29, 1.82) is 0 Å². The fourth-order valence-corrected chi connectivity index (χ4v) is 2.91. The molecule has 0 unspecified atom stereocenters. The minimum absolute atomic E-state index is 0.0159. The van der Waals surface area contributed by atoms with E-state index in [1.165, 1.54) is 0 Å². The van der Waals surface area contributed by atoms with Gasteiger partial charge < -0.3 is 15.5 Å². The van der Waals surface area contributed by atoms with Gasteiger partial charge in [-0.05, 0) is 36.4 Å². The number of benzene rings is 1. The van der Waals surface area contributed by atoms with E-state index >= 15 is 0 Å². The molecule has 0 atom stereocenters. The number of guanidine groups is 1. The molecule has 1 heterocycles. The SMILES string of the molecule is CN(C)C(=O)CNC(=NCc1ccccn1)NCCSc1ccc(Cl)cc1. The van der Waals surface area contributed by atoms with Crippen molar-refractivity contribution in [2.45, 2.75) is 11.4 Å². The average molecular weight is 406 g/mol. The van der Waals surface area contributed by atoms with Gasteiger partial charge in [0.15, 0.2) is 5.96 Å². The summed E-state index contributed by atoms with van der Waals surface area (Å²) in [6, 6.07) is 13.5. The summed E-state index contributed by atoms with van der Waals surface area (Å²) in [6.07, 6.45) is 1.74. The first-order valence-corrected chi connectivity index (χ1v) is 9.91. The van der Waals surface area contributed by atoms with Crippen molar-refractivity contribution >= 4 is 35.2 Å². The van der Waals surface area contributed by atoms with Gasteiger partial charge in [-0.1, -0.05) is 17.7 Å². The van der Waals surface area contributed by atoms with E-state index < -0.39 is 0 Å². The van der Waals surface area contributed by atoms with Gasteiger partial charge in [-0.3, -0.25) is 9.78 Å². The van der Waals surface area contributed by atoms with Gasteiger partial charge in [0.05, 0.1) is 18.8 Å². The lowest BCUT2D eigenvalue weighted by Crippen LogP contribution is -2.43. The third-order valence-corrected chi connectivity index (χ3v) is 4.77. The highest BCUT2D eigenvalue weighted by molar-refractivity contribution is 7.99. The molecule has 144 valence electrons. The van der Waals surface area contributed by atoms with Gasteiger partial charge in [0.2, 0.25) is 5.91 Å². The first kappa shape index (κ1) is 21.1. The number of halogens is 1. The number of rotatable bonds is 8. The van der Waals surface area contributed by atoms with Gasteiger partial charge in [-0.25, -0.2) is 4.99 Å². The molecule has 1 amide bonds. The molecule has 2 aromatic rings. The van der Waals surface area contributed by atoms with Crippen molar-refractivity contribution in [1.82, 2.24) is 20.5 Å². The second kappa shape index (κ2) is 11.5. The van der Waals surface area contributed by atoms with Crippen LogP contribution < -0.4 is 10.6 Å². The number of thioether (sulfide) groups is 1. The van der Waals surface area contributed by atoms with Crippen molar-refractivity contribution in [3.05, 3.63) is 59.4 Å². The van der Waals surface area contributed by atoms with E-state index in [1.54, 1.807) is 37.0 Å². The van der Waals surface area contributed by atoms with E-state index in [9.17, 15) is 4.79 Å². The monoisotopic (exact) mass is 405 g/mol. The standard InChI is InChI=1S/C19H24ClN5OS/c1-25(2)18(26)14-24-19(23-13-16-5-3-4-10-21-16)22-11-12-27-17-8-6-15(20)7-9-17/h3-10H,11-14H2,1-2H3,(H2,22,23,24). The van der Waals surface area contributed by atoms with Crippen LogP contribution in [0.2, 0.25) is 5.02 Å². The van der Waals surface area contributed by atoms with Crippen LogP contribution in [-0.4, -0.2) is 54.7 Å². The second-order valence-corrected chi connectivity index (χ2v) is 7.46. The number of likely N-dealkylation sites (N-methyl/N-ethyl adjacent to an activating group) is 1. The summed E-state index contributed by atoms with van der Waals surface area (Å²) < 4.78 is 0. The zero-order valence-electron chi connectivity index (χ0n) is 15.5. The Morgan fingerprint density at radius 3 is 2.63 bits per heavy atom. The quantitative estimate of drug-likeness (QED) is 0.306. The van der Waals surface area contributed by atoms with Gasteiger partial charge in [0.1, 0.15) is 0 Å². The molecule has 0 saturated heterocycles. The lowest BCUT2D eigenvalue weighted by molar-refractivity contribution is -0.127. The molecule has 6 nitrogen and oxygen atoms in total. The maximum Gasteiger partial charge on any atom is 0.241 e. The maximum absolute atomic E-state index is 11.8. The molecular formula is C19H24ClN5OS. The van der Waals surface area contributed by atoms with Crippen LogP contribution in [-0.2, 0) is 11.3 Å². The summed E-state index contributed by atoms with van der Waals surface area (Å²) in [4.78, 5) is 23.3. The molecule has 0 fully saturated rings. The third kappa shape index (κ3) is 8.32. The fraction of sp³-hybridized carbons (Fsp3) is 0.316. The molecule has 8 heteroatoms. The van der Waals surface area contributed by atoms with Crippen LogP contribution in [0.1, 0.15) is 5.69 Å². The summed E-state index contributed by atoms with van der Waals surface area (Å²) in [7, 11) is 3.45. The number of aliphatic imine (C=N–C) groups is 1. The Morgan fingerprint density at radius 1 is 1.19 bits per heavy atom. The van der Waals surface area contributed by atoms with Gasteiger partial charge in [-0.15, -0.1) is 11.8 Å². The number of hydrogen-bond donors (Lipinski definition) is 2. The number of nitrogens with one attached hydrogen (secondary N) is 2. The minimum atomic E-state index is -0.0159. The van der Waals surface area contributed by atoms with Crippen molar-refractivity contribution in [3.8, 4) is 0 Å². The molecule has 2 rings (SSSR count). The van der Waals surface area contributed by atoms with Crippen molar-refractivity contribution in [3.63, 3.8) is 0 Å². The number of carbonyl (C=O) groups is 1. The normalized spacial score (nSPS) is 11.1. The van der Waals surface area contributed by atoms with E-state index in [1.807, 2.05) is 42.5 Å². The molecule has 2 N–H and O–H groups in total. The highest BCUT2D eigenvalue weighted by atomic mass is 35.5. The predicted molar refractivity (Wildman–Crippen MR) is 112 cm³/mol. The molecule has 0 bridgehead atoms. The highest BCUT2D eigenvalue weighted by Crippen LogP contribution is 2.19. The first-order chi connectivity index (χ1) is 13.0. The Morgan fingerprint density at radius 2 is 1.96 bits per heavy atom. The molecule has 27 heavy (non-hydrogen) atoms. The van der Waals surface area contributed by atoms with E-state index in [0.29, 0.717) is 19.0 Å². The van der Waals surface area contributed by atoms with E-state index in [2.05, 4.69) is 20.6 Å². The number of aromatic nitrogens is 1. The van der Waals surface area contributed by atoms with Crippen LogP contribution in [0.4, 0.5) is 0 Å². The molecule has 0 aliphatic heterocycles. The van der Waals surface area contributed by atoms with Gasteiger partial charge in [-0.2, -0.15) is 0 Å². The van der Waals surface area contributed by atoms with Crippen molar-refractivity contribution in [2.75, 3.05) is 32.9 Å². The molecule has 0 saturated carbocycles. The van der Waals surface area contributed by atoms with Gasteiger partial charge in [0.25, 0.3) is 0 Å². The molecule has 0 aliphatic carbocycles. The van der Waals surface area contributed by atoms with Gasteiger partial charge >= 0.3 is 0 Å². The smallest absolute Gasteiger partial charge is 0.241 e. The largest absolute Gasteiger partial charge is 0.356 e. The topological polar surface area (TPSA) is 69.6 Å². The summed E-state index contributed by atoms with van der Waals surface area (Å²) >= 11 is 7.62. The van der Waals surface area contributed by atoms with Crippen molar-refractivity contribution in [2.24, 2.45) is 4.99 Å². The van der Waals surface area contributed by atoms with E-state index in [4.69, 9.17) is 11.6 Å². The summed E-state index contributed by atoms with van der Waals surface area (Å²) in [5, 5.41) is 7.06. The van der Waals surface area contributed by atoms with Crippen LogP contribution in [0.25, 0.3) is 0 Å². The molecule has 0 radical (unpaired) electrons. The number of carbonyl (C=O) groups excluding carboxylic acids is 1. The Kier molecular flexibility index (Phi) is 8.94. The Hall–Kier alpha value is -2.25. The highest BCUT2D eigenvalue weighted by Gasteiger charge is 2.06. The first-order valence-electron chi connectivity index (χ1n) is 8.55. The lowest BCUT2D eigenvalue weighted by atomic mass is 10.3. The van der Waals surface area contributed by atoms with Crippen LogP contribution in [0, 0.1) is 0 Å². The summed E-state index contributed by atoms with van der Waals surface area (Å²) in [5.41, 5.74) is 0.869. The van der Waals surface area contributed by atoms with Crippen LogP contribution in [0.15, 0.2) is 58.5 Å². The Labute approximate surface area is 169 Å². The lowest BCUT2D eigenvalue weighted by Gasteiger charge is -2.15. The number of hydrogen-bond acceptors (Lipinski definition) is 4. The number of amides is 1. The summed E-state index contributed by atoms with van der Waals surface area (Å²) in [6.45, 7) is 1.33. The van der Waals surface area contributed by atoms with Crippen LogP contribution >= 0.6 is 23.4 Å². The minimum Gasteiger partial charge on any atom is -0.356 e.